The van der Waals surface area contributed by atoms with Gasteiger partial charge in [-0.05, 0) is 55.5 Å². The minimum Gasteiger partial charge on any atom is -0.495 e. The molecule has 2 aromatic carbocycles. The highest BCUT2D eigenvalue weighted by atomic mass is 35.5. The van der Waals surface area contributed by atoms with Crippen molar-refractivity contribution < 1.29 is 38.1 Å². The van der Waals surface area contributed by atoms with Crippen LogP contribution in [0.2, 0.25) is 5.02 Å². The van der Waals surface area contributed by atoms with Gasteiger partial charge in [0, 0.05) is 25.3 Å². The summed E-state index contributed by atoms with van der Waals surface area (Å²) >= 11 is 6.32. The molecule has 6 atom stereocenters. The fourth-order valence-electron chi connectivity index (χ4n) is 5.46. The van der Waals surface area contributed by atoms with E-state index in [0.717, 1.165) is 5.56 Å². The number of benzene rings is 2. The average Bonchev–Trinajstić information content (AvgIpc) is 3.83. The second-order valence-electron chi connectivity index (χ2n) is 13.3. The predicted molar refractivity (Wildman–Crippen MR) is 177 cm³/mol. The zero-order chi connectivity index (χ0) is 34.3. The first-order chi connectivity index (χ1) is 22.3. The Labute approximate surface area is 281 Å². The van der Waals surface area contributed by atoms with E-state index in [9.17, 15) is 19.2 Å². The summed E-state index contributed by atoms with van der Waals surface area (Å²) < 4.78 is 23.1. The van der Waals surface area contributed by atoms with Crippen molar-refractivity contribution in [2.45, 2.75) is 84.3 Å². The highest BCUT2D eigenvalue weighted by molar-refractivity contribution is 6.32. The summed E-state index contributed by atoms with van der Waals surface area (Å²) in [6, 6.07) is 13.9. The largest absolute Gasteiger partial charge is 0.495 e. The lowest BCUT2D eigenvalue weighted by Crippen LogP contribution is -2.51. The van der Waals surface area contributed by atoms with E-state index in [4.69, 9.17) is 30.5 Å². The summed E-state index contributed by atoms with van der Waals surface area (Å²) in [5.41, 5.74) is 0.524. The second-order valence-corrected chi connectivity index (χ2v) is 13.7. The van der Waals surface area contributed by atoms with Crippen LogP contribution in [0.15, 0.2) is 60.7 Å². The molecule has 2 aromatic rings. The molecule has 0 spiro atoms. The van der Waals surface area contributed by atoms with Gasteiger partial charge < -0.3 is 29.6 Å². The van der Waals surface area contributed by atoms with Crippen molar-refractivity contribution in [3.05, 3.63) is 76.8 Å². The number of hydrogen-bond acceptors (Lipinski definition) is 8. The SMILES string of the molecule is COc1ccc(C[C@H]2NC(=O)C=CC[C@@H](C(C)[C@H]3O[C@@H]3c3ccccc3)OC(=O)[C@H](CC(C)C)OC(=O)C(C)(C)CNC2=O)cc1Cl. The Kier molecular flexibility index (Phi) is 12.1. The van der Waals surface area contributed by atoms with Crippen LogP contribution < -0.4 is 15.4 Å². The summed E-state index contributed by atoms with van der Waals surface area (Å²) in [6.07, 6.45) is 1.34. The molecule has 2 heterocycles. The monoisotopic (exact) mass is 668 g/mol. The lowest BCUT2D eigenvalue weighted by molar-refractivity contribution is -0.179. The first-order valence-electron chi connectivity index (χ1n) is 16.0. The molecule has 0 bridgehead atoms. The van der Waals surface area contributed by atoms with Crippen LogP contribution in [0.1, 0.15) is 64.7 Å². The Morgan fingerprint density at radius 2 is 1.74 bits per heavy atom. The predicted octanol–water partition coefficient (Wildman–Crippen LogP) is 5.12. The van der Waals surface area contributed by atoms with Crippen LogP contribution >= 0.6 is 11.6 Å². The van der Waals surface area contributed by atoms with Crippen LogP contribution in [0.5, 0.6) is 5.75 Å². The summed E-state index contributed by atoms with van der Waals surface area (Å²) in [6.45, 7) is 8.92. The Morgan fingerprint density at radius 1 is 1.02 bits per heavy atom. The molecule has 2 aliphatic rings. The van der Waals surface area contributed by atoms with Gasteiger partial charge >= 0.3 is 11.9 Å². The number of nitrogens with one attached hydrogen (secondary N) is 2. The van der Waals surface area contributed by atoms with Crippen LogP contribution in [-0.4, -0.2) is 61.8 Å². The van der Waals surface area contributed by atoms with E-state index in [2.05, 4.69) is 10.6 Å². The molecule has 254 valence electrons. The summed E-state index contributed by atoms with van der Waals surface area (Å²) in [5.74, 6) is -2.06. The van der Waals surface area contributed by atoms with Gasteiger partial charge in [0.1, 0.15) is 24.0 Å². The number of cyclic esters (lactones) is 2. The Hall–Kier alpha value is -3.89. The highest BCUT2D eigenvalue weighted by Crippen LogP contribution is 2.45. The minimum absolute atomic E-state index is 0.0228. The third-order valence-electron chi connectivity index (χ3n) is 8.41. The standard InChI is InChI=1S/C36H45ClN2O8/c1-21(2)17-29-34(42)45-27(22(3)31-32(47-31)24-11-8-7-9-12-24)13-10-14-30(40)39-26(19-23-15-16-28(44-6)25(37)18-23)33(41)38-20-36(4,5)35(43)46-29/h7-12,14-16,18,21-22,26-27,29,31-32H,13,17,19-20H2,1-6H3,(H,38,41)(H,39,40)/t22?,26-,27+,29+,31-,32-/m1/s1. The van der Waals surface area contributed by atoms with E-state index in [-0.39, 0.29) is 49.9 Å². The van der Waals surface area contributed by atoms with Gasteiger partial charge in [0.05, 0.1) is 23.7 Å². The molecule has 2 N–H and O–H groups in total. The molecule has 1 saturated heterocycles. The number of halogens is 1. The van der Waals surface area contributed by atoms with Crippen LogP contribution in [0.3, 0.4) is 0 Å². The molecule has 10 nitrogen and oxygen atoms in total. The zero-order valence-electron chi connectivity index (χ0n) is 27.8. The normalized spacial score (nSPS) is 26.1. The fraction of sp³-hybridized carbons (Fsp3) is 0.500. The Balaban J connectivity index is 1.61. The molecule has 1 unspecified atom stereocenters. The molecule has 11 heteroatoms. The molecule has 0 aromatic heterocycles. The van der Waals surface area contributed by atoms with E-state index < -0.39 is 47.4 Å². The first-order valence-corrected chi connectivity index (χ1v) is 16.4. The number of amides is 2. The van der Waals surface area contributed by atoms with Crippen molar-refractivity contribution in [1.29, 1.82) is 0 Å². The quantitative estimate of drug-likeness (QED) is 0.293. The lowest BCUT2D eigenvalue weighted by Gasteiger charge is -2.29. The third kappa shape index (κ3) is 9.81. The molecule has 0 aliphatic carbocycles. The maximum absolute atomic E-state index is 13.6. The molecule has 2 amide bonds. The molecule has 47 heavy (non-hydrogen) atoms. The molecule has 0 radical (unpaired) electrons. The van der Waals surface area contributed by atoms with Crippen LogP contribution in [0.4, 0.5) is 0 Å². The number of carbonyl (C=O) groups is 4. The number of rotatable bonds is 8. The summed E-state index contributed by atoms with van der Waals surface area (Å²) in [5, 5.41) is 5.91. The van der Waals surface area contributed by atoms with Crippen molar-refractivity contribution >= 4 is 35.4 Å². The molecular weight excluding hydrogens is 624 g/mol. The number of carbonyl (C=O) groups excluding carboxylic acids is 4. The van der Waals surface area contributed by atoms with Gasteiger partial charge in [-0.25, -0.2) is 4.79 Å². The second kappa shape index (κ2) is 15.8. The van der Waals surface area contributed by atoms with Gasteiger partial charge in [-0.1, -0.05) is 74.8 Å². The van der Waals surface area contributed by atoms with Gasteiger partial charge in [0.25, 0.3) is 0 Å². The van der Waals surface area contributed by atoms with Gasteiger partial charge in [0.2, 0.25) is 11.8 Å². The van der Waals surface area contributed by atoms with Gasteiger partial charge in [-0.2, -0.15) is 0 Å². The Morgan fingerprint density at radius 3 is 2.40 bits per heavy atom. The zero-order valence-corrected chi connectivity index (χ0v) is 28.5. The molecule has 0 saturated carbocycles. The minimum atomic E-state index is -1.20. The van der Waals surface area contributed by atoms with E-state index in [1.165, 1.54) is 13.2 Å². The maximum Gasteiger partial charge on any atom is 0.347 e. The van der Waals surface area contributed by atoms with Crippen molar-refractivity contribution in [2.75, 3.05) is 13.7 Å². The van der Waals surface area contributed by atoms with Crippen LogP contribution in [-0.2, 0) is 39.8 Å². The van der Waals surface area contributed by atoms with Crippen molar-refractivity contribution in [1.82, 2.24) is 10.6 Å². The van der Waals surface area contributed by atoms with Gasteiger partial charge in [-0.3, -0.25) is 14.4 Å². The fourth-order valence-corrected chi connectivity index (χ4v) is 5.75. The molecular formula is C36H45ClN2O8. The topological polar surface area (TPSA) is 133 Å². The van der Waals surface area contributed by atoms with Crippen molar-refractivity contribution in [3.8, 4) is 5.75 Å². The smallest absolute Gasteiger partial charge is 0.347 e. The van der Waals surface area contributed by atoms with Crippen molar-refractivity contribution in [2.24, 2.45) is 17.3 Å². The number of epoxide rings is 1. The first kappa shape index (κ1) is 36.0. The summed E-state index contributed by atoms with van der Waals surface area (Å²) in [7, 11) is 1.51. The van der Waals surface area contributed by atoms with E-state index in [1.807, 2.05) is 51.1 Å². The average molecular weight is 669 g/mol. The van der Waals surface area contributed by atoms with Crippen LogP contribution in [0, 0.1) is 17.3 Å². The van der Waals surface area contributed by atoms with Crippen molar-refractivity contribution in [3.63, 3.8) is 0 Å². The molecule has 4 rings (SSSR count). The highest BCUT2D eigenvalue weighted by Gasteiger charge is 2.48. The summed E-state index contributed by atoms with van der Waals surface area (Å²) in [4.78, 5) is 53.6. The molecule has 2 aliphatic heterocycles. The maximum atomic E-state index is 13.6. The van der Waals surface area contributed by atoms with E-state index in [1.54, 1.807) is 38.1 Å². The lowest BCUT2D eigenvalue weighted by atomic mass is 9.92. The van der Waals surface area contributed by atoms with Gasteiger partial charge in [-0.15, -0.1) is 0 Å². The van der Waals surface area contributed by atoms with E-state index >= 15 is 0 Å². The van der Waals surface area contributed by atoms with Crippen LogP contribution in [0.25, 0.3) is 0 Å². The number of esters is 2. The molecule has 1 fully saturated rings. The third-order valence-corrected chi connectivity index (χ3v) is 8.70. The number of ether oxygens (including phenoxy) is 4. The Bertz CT molecular complexity index is 1460. The van der Waals surface area contributed by atoms with Gasteiger partial charge in [0.15, 0.2) is 6.10 Å². The van der Waals surface area contributed by atoms with E-state index in [0.29, 0.717) is 16.3 Å². The number of hydrogen-bond donors (Lipinski definition) is 2. The number of methoxy groups -OCH3 is 1.